The highest BCUT2D eigenvalue weighted by molar-refractivity contribution is 6.09. The molecule has 230 valence electrons. The van der Waals surface area contributed by atoms with E-state index in [0.717, 1.165) is 18.2 Å². The Kier molecular flexibility index (Phi) is 9.88. The van der Waals surface area contributed by atoms with Crippen molar-refractivity contribution in [1.29, 1.82) is 0 Å². The summed E-state index contributed by atoms with van der Waals surface area (Å²) in [5.74, 6) is -2.79. The molecular formula is C27H32O15. The number of methoxy groups -OCH3 is 1. The van der Waals surface area contributed by atoms with E-state index in [0.29, 0.717) is 5.56 Å². The Labute approximate surface area is 238 Å². The molecule has 9 N–H and O–H groups in total. The second-order valence-corrected chi connectivity index (χ2v) is 9.65. The Hall–Kier alpha value is -3.51. The summed E-state index contributed by atoms with van der Waals surface area (Å²) >= 11 is 0. The van der Waals surface area contributed by atoms with Gasteiger partial charge in [0.1, 0.15) is 42.7 Å². The Morgan fingerprint density at radius 1 is 0.881 bits per heavy atom. The molecule has 9 atom stereocenters. The molecule has 2 aromatic carbocycles. The molecule has 2 fully saturated rings. The van der Waals surface area contributed by atoms with Gasteiger partial charge in [-0.05, 0) is 35.9 Å². The van der Waals surface area contributed by atoms with E-state index in [2.05, 4.69) is 0 Å². The van der Waals surface area contributed by atoms with Gasteiger partial charge in [-0.25, -0.2) is 0 Å². The lowest BCUT2D eigenvalue weighted by atomic mass is 9.99. The molecule has 0 bridgehead atoms. The van der Waals surface area contributed by atoms with Gasteiger partial charge in [-0.1, -0.05) is 12.1 Å². The summed E-state index contributed by atoms with van der Waals surface area (Å²) in [5.41, 5.74) is 0.144. The molecule has 2 heterocycles. The van der Waals surface area contributed by atoms with E-state index in [-0.39, 0.29) is 23.7 Å². The van der Waals surface area contributed by atoms with E-state index in [4.69, 9.17) is 23.7 Å². The molecule has 15 heteroatoms. The number of carbonyl (C=O) groups excluding carboxylic acids is 1. The zero-order valence-corrected chi connectivity index (χ0v) is 22.1. The first-order valence-electron chi connectivity index (χ1n) is 12.7. The van der Waals surface area contributed by atoms with Crippen LogP contribution in [0.3, 0.4) is 0 Å². The highest BCUT2D eigenvalue weighted by Crippen LogP contribution is 2.40. The minimum atomic E-state index is -1.84. The second kappa shape index (κ2) is 13.2. The molecule has 2 saturated heterocycles. The van der Waals surface area contributed by atoms with Gasteiger partial charge in [0.2, 0.25) is 12.0 Å². The molecule has 15 nitrogen and oxygen atoms in total. The first-order valence-corrected chi connectivity index (χ1v) is 12.7. The molecule has 2 aromatic rings. The van der Waals surface area contributed by atoms with Crippen molar-refractivity contribution in [1.82, 2.24) is 0 Å². The fourth-order valence-electron chi connectivity index (χ4n) is 4.32. The third kappa shape index (κ3) is 6.59. The van der Waals surface area contributed by atoms with Crippen molar-refractivity contribution in [2.24, 2.45) is 0 Å². The molecule has 2 aliphatic heterocycles. The first-order chi connectivity index (χ1) is 19.9. The van der Waals surface area contributed by atoms with Crippen LogP contribution >= 0.6 is 0 Å². The van der Waals surface area contributed by atoms with Gasteiger partial charge in [0.25, 0.3) is 0 Å². The fraction of sp³-hybridized carbons (Fsp3) is 0.444. The van der Waals surface area contributed by atoms with Gasteiger partial charge in [0.15, 0.2) is 35.1 Å². The smallest absolute Gasteiger partial charge is 0.229 e. The van der Waals surface area contributed by atoms with Crippen molar-refractivity contribution in [2.45, 2.75) is 55.3 Å². The third-order valence-corrected chi connectivity index (χ3v) is 6.80. The van der Waals surface area contributed by atoms with Crippen LogP contribution in [0.1, 0.15) is 15.9 Å². The number of aromatic hydroxyl groups is 3. The molecule has 0 spiro atoms. The number of benzene rings is 2. The van der Waals surface area contributed by atoms with Crippen LogP contribution in [0.4, 0.5) is 0 Å². The van der Waals surface area contributed by atoms with E-state index in [9.17, 15) is 50.8 Å². The van der Waals surface area contributed by atoms with Crippen molar-refractivity contribution in [3.05, 3.63) is 47.5 Å². The number of aliphatic hydroxyl groups is 6. The molecular weight excluding hydrogens is 564 g/mol. The highest BCUT2D eigenvalue weighted by Gasteiger charge is 2.46. The summed E-state index contributed by atoms with van der Waals surface area (Å²) < 4.78 is 26.3. The first kappa shape index (κ1) is 31.4. The zero-order valence-electron chi connectivity index (χ0n) is 22.1. The van der Waals surface area contributed by atoms with Gasteiger partial charge >= 0.3 is 0 Å². The summed E-state index contributed by atoms with van der Waals surface area (Å²) in [6, 6.07) is 6.66. The predicted octanol–water partition coefficient (Wildman–Crippen LogP) is -1.65. The Morgan fingerprint density at radius 2 is 1.57 bits per heavy atom. The number of ketones is 1. The standard InChI is InChI=1S/C27H32O15/c1-38-16-6-3-11(8-14(16)29)2-5-13(28)12-4-7-17(21(33)19(12)31)41-27-25(37)23(35)22(34)18(42-27)10-40-26-24(36)20(32)15(30)9-39-26/h2-8,15,18,20,22-27,29-37H,9-10H2,1H3/b5-2+/t15-,18-,20+,22-,23+,24-,25-,26+,27-/m1/s1. The number of allylic oxidation sites excluding steroid dienone is 1. The van der Waals surface area contributed by atoms with Crippen LogP contribution in [0.15, 0.2) is 36.4 Å². The van der Waals surface area contributed by atoms with E-state index < -0.39 is 84.9 Å². The van der Waals surface area contributed by atoms with Gasteiger partial charge < -0.3 is 69.6 Å². The van der Waals surface area contributed by atoms with Crippen LogP contribution < -0.4 is 9.47 Å². The molecule has 0 aliphatic carbocycles. The van der Waals surface area contributed by atoms with Crippen LogP contribution in [0, 0.1) is 0 Å². The van der Waals surface area contributed by atoms with Crippen LogP contribution in [-0.2, 0) is 14.2 Å². The zero-order chi connectivity index (χ0) is 30.7. The number of phenolic OH excluding ortho intramolecular Hbond substituents is 3. The fourth-order valence-corrected chi connectivity index (χ4v) is 4.32. The molecule has 0 radical (unpaired) electrons. The summed E-state index contributed by atoms with van der Waals surface area (Å²) in [4.78, 5) is 12.7. The lowest BCUT2D eigenvalue weighted by Gasteiger charge is -2.41. The number of aliphatic hydroxyl groups excluding tert-OH is 6. The highest BCUT2D eigenvalue weighted by atomic mass is 16.7. The number of hydrogen-bond acceptors (Lipinski definition) is 15. The number of phenols is 3. The summed E-state index contributed by atoms with van der Waals surface area (Å²) in [6.45, 7) is -0.871. The molecule has 4 rings (SSSR count). The maximum Gasteiger partial charge on any atom is 0.229 e. The van der Waals surface area contributed by atoms with E-state index in [1.165, 1.54) is 25.3 Å². The van der Waals surface area contributed by atoms with E-state index in [1.807, 2.05) is 0 Å². The van der Waals surface area contributed by atoms with Crippen molar-refractivity contribution in [2.75, 3.05) is 20.3 Å². The van der Waals surface area contributed by atoms with Gasteiger partial charge in [0.05, 0.1) is 25.9 Å². The van der Waals surface area contributed by atoms with Crippen molar-refractivity contribution >= 4 is 11.9 Å². The molecule has 0 aromatic heterocycles. The van der Waals surface area contributed by atoms with Gasteiger partial charge in [-0.2, -0.15) is 0 Å². The van der Waals surface area contributed by atoms with E-state index in [1.54, 1.807) is 6.07 Å². The average molecular weight is 597 g/mol. The topological polar surface area (TPSA) is 245 Å². The van der Waals surface area contributed by atoms with E-state index >= 15 is 0 Å². The van der Waals surface area contributed by atoms with Crippen LogP contribution in [0.25, 0.3) is 6.08 Å². The maximum atomic E-state index is 12.7. The van der Waals surface area contributed by atoms with Gasteiger partial charge in [-0.15, -0.1) is 0 Å². The number of ether oxygens (including phenoxy) is 5. The number of carbonyl (C=O) groups is 1. The summed E-state index contributed by atoms with van der Waals surface area (Å²) in [7, 11) is 1.38. The second-order valence-electron chi connectivity index (χ2n) is 9.65. The third-order valence-electron chi connectivity index (χ3n) is 6.80. The lowest BCUT2D eigenvalue weighted by Crippen LogP contribution is -2.61. The summed E-state index contributed by atoms with van der Waals surface area (Å²) in [6.07, 6.45) is -11.9. The normalized spacial score (nSPS) is 31.6. The number of hydrogen-bond donors (Lipinski definition) is 9. The SMILES string of the molecule is COc1ccc(/C=C/C(=O)c2ccc(O[C@@H]3O[C@H](CO[C@@H]4OC[C@@H](O)[C@H](O)[C@H]4O)[C@@H](O)[C@H](O)[C@H]3O)c(O)c2O)cc1O. The molecule has 0 unspecified atom stereocenters. The molecule has 0 amide bonds. The largest absolute Gasteiger partial charge is 0.504 e. The Morgan fingerprint density at radius 3 is 2.26 bits per heavy atom. The van der Waals surface area contributed by atoms with Crippen LogP contribution in [0.5, 0.6) is 28.7 Å². The Balaban J connectivity index is 1.43. The van der Waals surface area contributed by atoms with Crippen molar-refractivity contribution in [3.63, 3.8) is 0 Å². The molecule has 42 heavy (non-hydrogen) atoms. The summed E-state index contributed by atoms with van der Waals surface area (Å²) in [5, 5.41) is 91.2. The number of rotatable bonds is 9. The monoisotopic (exact) mass is 596 g/mol. The molecule has 0 saturated carbocycles. The predicted molar refractivity (Wildman–Crippen MR) is 139 cm³/mol. The van der Waals surface area contributed by atoms with Gasteiger partial charge in [0, 0.05) is 0 Å². The molecule has 2 aliphatic rings. The van der Waals surface area contributed by atoms with Gasteiger partial charge in [-0.3, -0.25) is 4.79 Å². The maximum absolute atomic E-state index is 12.7. The lowest BCUT2D eigenvalue weighted by molar-refractivity contribution is -0.307. The van der Waals surface area contributed by atoms with Crippen LogP contribution in [0.2, 0.25) is 0 Å². The minimum Gasteiger partial charge on any atom is -0.504 e. The Bertz CT molecular complexity index is 1280. The average Bonchev–Trinajstić information content (AvgIpc) is 2.97. The quantitative estimate of drug-likeness (QED) is 0.0894. The van der Waals surface area contributed by atoms with Crippen molar-refractivity contribution < 1.29 is 74.4 Å². The van der Waals surface area contributed by atoms with Crippen molar-refractivity contribution in [3.8, 4) is 28.7 Å². The van der Waals surface area contributed by atoms with Crippen LogP contribution in [-0.4, -0.2) is 127 Å². The minimum absolute atomic E-state index is 0.147.